The molecule has 0 bridgehead atoms. The van der Waals surface area contributed by atoms with Crippen molar-refractivity contribution in [2.24, 2.45) is 11.7 Å². The number of nitrogens with one attached hydrogen (secondary N) is 1. The molecular weight excluding hydrogens is 376 g/mol. The van der Waals surface area contributed by atoms with E-state index in [0.717, 1.165) is 62.9 Å². The predicted octanol–water partition coefficient (Wildman–Crippen LogP) is 2.01. The van der Waals surface area contributed by atoms with E-state index < -0.39 is 0 Å². The van der Waals surface area contributed by atoms with Crippen LogP contribution in [0, 0.1) is 17.8 Å². The van der Waals surface area contributed by atoms with Crippen molar-refractivity contribution in [1.29, 1.82) is 0 Å². The van der Waals surface area contributed by atoms with Gasteiger partial charge >= 0.3 is 0 Å². The molecular formula is C24H30N4O2. The summed E-state index contributed by atoms with van der Waals surface area (Å²) < 4.78 is 5.89. The molecule has 0 saturated carbocycles. The lowest BCUT2D eigenvalue weighted by Gasteiger charge is -2.37. The summed E-state index contributed by atoms with van der Waals surface area (Å²) in [4.78, 5) is 17.3. The summed E-state index contributed by atoms with van der Waals surface area (Å²) in [5, 5.41) is 3.42. The van der Waals surface area contributed by atoms with Crippen LogP contribution in [0.5, 0.6) is 0 Å². The number of nitrogens with zero attached hydrogens (tertiary/aromatic N) is 2. The summed E-state index contributed by atoms with van der Waals surface area (Å²) >= 11 is 0. The van der Waals surface area contributed by atoms with Gasteiger partial charge in [0.25, 0.3) is 5.91 Å². The molecule has 3 N–H and O–H groups in total. The Balaban J connectivity index is 1.32. The first-order valence-electron chi connectivity index (χ1n) is 10.8. The Hall–Kier alpha value is -2.59. The molecule has 4 rings (SSSR count). The number of hydrogen-bond acceptors (Lipinski definition) is 5. The molecule has 0 radical (unpaired) electrons. The van der Waals surface area contributed by atoms with E-state index in [1.807, 2.05) is 35.2 Å². The first kappa shape index (κ1) is 20.7. The summed E-state index contributed by atoms with van der Waals surface area (Å²) in [5.41, 5.74) is 7.25. The van der Waals surface area contributed by atoms with E-state index in [-0.39, 0.29) is 5.91 Å². The van der Waals surface area contributed by atoms with E-state index in [2.05, 4.69) is 22.1 Å². The van der Waals surface area contributed by atoms with Gasteiger partial charge in [-0.1, -0.05) is 24.0 Å². The normalized spacial score (nSPS) is 18.1. The minimum atomic E-state index is -0.0202. The number of nitrogens with two attached hydrogens (primary N) is 1. The summed E-state index contributed by atoms with van der Waals surface area (Å²) in [7, 11) is 0. The van der Waals surface area contributed by atoms with Crippen LogP contribution >= 0.6 is 0 Å². The van der Waals surface area contributed by atoms with Crippen LogP contribution in [-0.4, -0.2) is 68.1 Å². The number of piperazine rings is 1. The maximum Gasteiger partial charge on any atom is 0.289 e. The molecule has 0 atom stereocenters. The first-order valence-corrected chi connectivity index (χ1v) is 10.8. The largest absolute Gasteiger partial charge is 0.451 e. The van der Waals surface area contributed by atoms with E-state index in [0.29, 0.717) is 18.1 Å². The van der Waals surface area contributed by atoms with Crippen molar-refractivity contribution in [2.75, 3.05) is 52.4 Å². The van der Waals surface area contributed by atoms with Crippen molar-refractivity contribution in [2.45, 2.75) is 12.8 Å². The molecule has 0 unspecified atom stereocenters. The van der Waals surface area contributed by atoms with Crippen LogP contribution in [0.4, 0.5) is 0 Å². The molecule has 1 amide bonds. The van der Waals surface area contributed by atoms with Crippen LogP contribution in [0.15, 0.2) is 40.8 Å². The second-order valence-corrected chi connectivity index (χ2v) is 8.03. The van der Waals surface area contributed by atoms with Crippen molar-refractivity contribution < 1.29 is 9.21 Å². The number of carbonyl (C=O) groups excluding carboxylic acids is 1. The molecule has 30 heavy (non-hydrogen) atoms. The SMILES string of the molecule is NCC#Cc1ccc(-c2ccc(C(=O)N3CCN(CC4CCNCC4)CC3)o2)cc1. The number of piperidine rings is 1. The highest BCUT2D eigenvalue weighted by Crippen LogP contribution is 2.24. The topological polar surface area (TPSA) is 74.7 Å². The van der Waals surface area contributed by atoms with E-state index in [9.17, 15) is 4.79 Å². The molecule has 1 aromatic carbocycles. The zero-order valence-corrected chi connectivity index (χ0v) is 17.4. The Bertz CT molecular complexity index is 895. The highest BCUT2D eigenvalue weighted by atomic mass is 16.4. The Morgan fingerprint density at radius 1 is 1.07 bits per heavy atom. The molecule has 2 saturated heterocycles. The summed E-state index contributed by atoms with van der Waals surface area (Å²) in [6.45, 7) is 7.16. The molecule has 2 fully saturated rings. The van der Waals surface area contributed by atoms with Gasteiger partial charge in [-0.25, -0.2) is 0 Å². The smallest absolute Gasteiger partial charge is 0.289 e. The molecule has 2 aliphatic heterocycles. The Morgan fingerprint density at radius 3 is 2.50 bits per heavy atom. The van der Waals surface area contributed by atoms with E-state index >= 15 is 0 Å². The highest BCUT2D eigenvalue weighted by Gasteiger charge is 2.26. The van der Waals surface area contributed by atoms with Gasteiger partial charge in [-0.15, -0.1) is 0 Å². The molecule has 158 valence electrons. The lowest BCUT2D eigenvalue weighted by atomic mass is 9.97. The molecule has 1 aromatic heterocycles. The van der Waals surface area contributed by atoms with Gasteiger partial charge in [0.05, 0.1) is 6.54 Å². The quantitative estimate of drug-likeness (QED) is 0.760. The Kier molecular flexibility index (Phi) is 6.85. The van der Waals surface area contributed by atoms with Crippen LogP contribution in [0.2, 0.25) is 0 Å². The van der Waals surface area contributed by atoms with Gasteiger partial charge in [-0.05, 0) is 56.1 Å². The number of carbonyl (C=O) groups is 1. The van der Waals surface area contributed by atoms with Gasteiger partial charge in [0, 0.05) is 43.9 Å². The van der Waals surface area contributed by atoms with Crippen LogP contribution in [0.1, 0.15) is 29.0 Å². The average Bonchev–Trinajstić information content (AvgIpc) is 3.29. The predicted molar refractivity (Wildman–Crippen MR) is 118 cm³/mol. The monoisotopic (exact) mass is 406 g/mol. The van der Waals surface area contributed by atoms with Crippen molar-refractivity contribution in [1.82, 2.24) is 15.1 Å². The molecule has 0 aliphatic carbocycles. The minimum absolute atomic E-state index is 0.0202. The standard InChI is InChI=1S/C24H30N4O2/c25-11-1-2-19-3-5-21(6-4-19)22-7-8-23(30-22)24(29)28-16-14-27(15-17-28)18-20-9-12-26-13-10-20/h3-8,20,26H,9-18,25H2. The van der Waals surface area contributed by atoms with Crippen molar-refractivity contribution in [3.63, 3.8) is 0 Å². The van der Waals surface area contributed by atoms with E-state index in [4.69, 9.17) is 10.2 Å². The second kappa shape index (κ2) is 9.94. The van der Waals surface area contributed by atoms with Crippen molar-refractivity contribution in [3.05, 3.63) is 47.7 Å². The number of rotatable bonds is 4. The molecule has 0 spiro atoms. The fraction of sp³-hybridized carbons (Fsp3) is 0.458. The molecule has 2 aromatic rings. The van der Waals surface area contributed by atoms with Crippen molar-refractivity contribution >= 4 is 5.91 Å². The summed E-state index contributed by atoms with van der Waals surface area (Å²) in [6.07, 6.45) is 2.52. The van der Waals surface area contributed by atoms with Gasteiger partial charge in [-0.2, -0.15) is 0 Å². The average molecular weight is 407 g/mol. The summed E-state index contributed by atoms with van der Waals surface area (Å²) in [5.74, 6) is 7.72. The van der Waals surface area contributed by atoms with Gasteiger partial charge < -0.3 is 20.4 Å². The third kappa shape index (κ3) is 5.11. The minimum Gasteiger partial charge on any atom is -0.451 e. The highest BCUT2D eigenvalue weighted by molar-refractivity contribution is 5.92. The van der Waals surface area contributed by atoms with Crippen LogP contribution in [0.25, 0.3) is 11.3 Å². The lowest BCUT2D eigenvalue weighted by molar-refractivity contribution is 0.0579. The molecule has 6 heteroatoms. The van der Waals surface area contributed by atoms with E-state index in [1.165, 1.54) is 12.8 Å². The first-order chi connectivity index (χ1) is 14.7. The maximum atomic E-state index is 12.9. The van der Waals surface area contributed by atoms with Gasteiger partial charge in [0.2, 0.25) is 0 Å². The van der Waals surface area contributed by atoms with Gasteiger partial charge in [0.1, 0.15) is 5.76 Å². The number of furan rings is 1. The number of amides is 1. The lowest BCUT2D eigenvalue weighted by Crippen LogP contribution is -2.50. The fourth-order valence-corrected chi connectivity index (χ4v) is 4.20. The van der Waals surface area contributed by atoms with E-state index in [1.54, 1.807) is 6.07 Å². The second-order valence-electron chi connectivity index (χ2n) is 8.03. The van der Waals surface area contributed by atoms with Crippen LogP contribution < -0.4 is 11.1 Å². The Morgan fingerprint density at radius 2 is 1.80 bits per heavy atom. The van der Waals surface area contributed by atoms with Crippen LogP contribution in [-0.2, 0) is 0 Å². The van der Waals surface area contributed by atoms with Crippen LogP contribution in [0.3, 0.4) is 0 Å². The Labute approximate surface area is 178 Å². The third-order valence-corrected chi connectivity index (χ3v) is 5.96. The number of hydrogen-bond donors (Lipinski definition) is 2. The summed E-state index contributed by atoms with van der Waals surface area (Å²) in [6, 6.07) is 11.4. The molecule has 6 nitrogen and oxygen atoms in total. The molecule has 2 aliphatic rings. The number of benzene rings is 1. The van der Waals surface area contributed by atoms with Gasteiger partial charge in [0.15, 0.2) is 5.76 Å². The molecule has 3 heterocycles. The third-order valence-electron chi connectivity index (χ3n) is 5.96. The zero-order chi connectivity index (χ0) is 20.8. The fourth-order valence-electron chi connectivity index (χ4n) is 4.20. The van der Waals surface area contributed by atoms with Gasteiger partial charge in [-0.3, -0.25) is 9.69 Å². The van der Waals surface area contributed by atoms with Crippen molar-refractivity contribution in [3.8, 4) is 23.2 Å². The maximum absolute atomic E-state index is 12.9. The zero-order valence-electron chi connectivity index (χ0n) is 17.4.